The van der Waals surface area contributed by atoms with E-state index in [1.54, 1.807) is 0 Å². The molecule has 15 heavy (non-hydrogen) atoms. The van der Waals surface area contributed by atoms with Gasteiger partial charge in [-0.1, -0.05) is 26.2 Å². The Hall–Kier alpha value is -0.0800. The molecule has 0 radical (unpaired) electrons. The Morgan fingerprint density at radius 1 is 1.33 bits per heavy atom. The van der Waals surface area contributed by atoms with E-state index < -0.39 is 0 Å². The van der Waals surface area contributed by atoms with Gasteiger partial charge in [-0.3, -0.25) is 0 Å². The van der Waals surface area contributed by atoms with Crippen molar-refractivity contribution in [1.82, 2.24) is 4.90 Å². The first-order valence-corrected chi connectivity index (χ1v) is 6.46. The maximum atomic E-state index is 9.23. The zero-order chi connectivity index (χ0) is 11.3. The topological polar surface area (TPSA) is 23.5 Å². The van der Waals surface area contributed by atoms with Gasteiger partial charge in [0, 0.05) is 13.1 Å². The number of rotatable bonds is 5. The van der Waals surface area contributed by atoms with Crippen LogP contribution in [0, 0.1) is 11.8 Å². The summed E-state index contributed by atoms with van der Waals surface area (Å²) >= 11 is 0. The maximum Gasteiger partial charge on any atom is 0.0524 e. The van der Waals surface area contributed by atoms with Gasteiger partial charge in [0.1, 0.15) is 0 Å². The molecule has 2 nitrogen and oxygen atoms in total. The fraction of sp³-hybridized carbons (Fsp3) is 1.00. The monoisotopic (exact) mass is 213 g/mol. The van der Waals surface area contributed by atoms with Crippen molar-refractivity contribution in [3.63, 3.8) is 0 Å². The number of aliphatic hydroxyl groups excluding tert-OH is 1. The van der Waals surface area contributed by atoms with Gasteiger partial charge in [-0.2, -0.15) is 0 Å². The van der Waals surface area contributed by atoms with Gasteiger partial charge < -0.3 is 10.0 Å². The summed E-state index contributed by atoms with van der Waals surface area (Å²) < 4.78 is 0. The highest BCUT2D eigenvalue weighted by Gasteiger charge is 2.22. The quantitative estimate of drug-likeness (QED) is 0.758. The van der Waals surface area contributed by atoms with Crippen LogP contribution in [0.4, 0.5) is 0 Å². The van der Waals surface area contributed by atoms with Gasteiger partial charge in [-0.05, 0) is 38.6 Å². The summed E-state index contributed by atoms with van der Waals surface area (Å²) in [4.78, 5) is 2.39. The van der Waals surface area contributed by atoms with E-state index in [-0.39, 0.29) is 6.10 Å². The van der Waals surface area contributed by atoms with Crippen molar-refractivity contribution in [2.45, 2.75) is 52.1 Å². The smallest absolute Gasteiger partial charge is 0.0524 e. The van der Waals surface area contributed by atoms with Gasteiger partial charge in [0.05, 0.1) is 6.10 Å². The van der Waals surface area contributed by atoms with Crippen LogP contribution in [0.3, 0.4) is 0 Å². The van der Waals surface area contributed by atoms with Gasteiger partial charge in [0.2, 0.25) is 0 Å². The van der Waals surface area contributed by atoms with Crippen molar-refractivity contribution >= 4 is 0 Å². The summed E-state index contributed by atoms with van der Waals surface area (Å²) in [5.74, 6) is 1.78. The second-order valence-corrected chi connectivity index (χ2v) is 5.42. The van der Waals surface area contributed by atoms with Crippen LogP contribution in [0.5, 0.6) is 0 Å². The van der Waals surface area contributed by atoms with Crippen molar-refractivity contribution in [3.05, 3.63) is 0 Å². The highest BCUT2D eigenvalue weighted by molar-refractivity contribution is 4.74. The third-order valence-electron chi connectivity index (χ3n) is 3.76. The van der Waals surface area contributed by atoms with E-state index in [2.05, 4.69) is 18.9 Å². The first-order valence-electron chi connectivity index (χ1n) is 6.46. The van der Waals surface area contributed by atoms with E-state index in [1.165, 1.54) is 32.2 Å². The summed E-state index contributed by atoms with van der Waals surface area (Å²) in [6.07, 6.45) is 6.40. The number of hydrogen-bond acceptors (Lipinski definition) is 2. The zero-order valence-electron chi connectivity index (χ0n) is 10.6. The van der Waals surface area contributed by atoms with E-state index in [0.717, 1.165) is 24.8 Å². The average Bonchev–Trinajstić information content (AvgIpc) is 2.18. The fourth-order valence-corrected chi connectivity index (χ4v) is 2.56. The van der Waals surface area contributed by atoms with Gasteiger partial charge in [-0.25, -0.2) is 0 Å². The van der Waals surface area contributed by atoms with Crippen molar-refractivity contribution in [3.8, 4) is 0 Å². The lowest BCUT2D eigenvalue weighted by atomic mass is 9.80. The Bertz CT molecular complexity index is 170. The van der Waals surface area contributed by atoms with E-state index in [0.29, 0.717) is 0 Å². The molecule has 0 aromatic carbocycles. The molecule has 1 fully saturated rings. The number of aliphatic hydroxyl groups is 1. The molecule has 1 aliphatic carbocycles. The zero-order valence-corrected chi connectivity index (χ0v) is 10.6. The lowest BCUT2D eigenvalue weighted by molar-refractivity contribution is 0.141. The van der Waals surface area contributed by atoms with Gasteiger partial charge >= 0.3 is 0 Å². The van der Waals surface area contributed by atoms with Crippen molar-refractivity contribution in [2.75, 3.05) is 20.1 Å². The van der Waals surface area contributed by atoms with Crippen LogP contribution in [0.15, 0.2) is 0 Å². The van der Waals surface area contributed by atoms with Gasteiger partial charge in [-0.15, -0.1) is 0 Å². The predicted octanol–water partition coefficient (Wildman–Crippen LogP) is 2.52. The lowest BCUT2D eigenvalue weighted by Crippen LogP contribution is -2.32. The van der Waals surface area contributed by atoms with Crippen molar-refractivity contribution < 1.29 is 5.11 Å². The molecule has 1 saturated carbocycles. The summed E-state index contributed by atoms with van der Waals surface area (Å²) in [6.45, 7) is 6.51. The molecular weight excluding hydrogens is 186 g/mol. The molecule has 0 aromatic rings. The van der Waals surface area contributed by atoms with Crippen LogP contribution in [0.1, 0.15) is 46.0 Å². The second kappa shape index (κ2) is 6.49. The summed E-state index contributed by atoms with van der Waals surface area (Å²) in [5, 5.41) is 9.23. The molecule has 0 heterocycles. The Morgan fingerprint density at radius 2 is 2.00 bits per heavy atom. The third kappa shape index (κ3) is 4.98. The van der Waals surface area contributed by atoms with Crippen LogP contribution in [-0.2, 0) is 0 Å². The summed E-state index contributed by atoms with van der Waals surface area (Å²) in [5.41, 5.74) is 0. The molecule has 0 bridgehead atoms. The van der Waals surface area contributed by atoms with E-state index in [1.807, 2.05) is 6.92 Å². The Balaban J connectivity index is 2.20. The first kappa shape index (κ1) is 13.0. The van der Waals surface area contributed by atoms with Crippen LogP contribution in [0.25, 0.3) is 0 Å². The fourth-order valence-electron chi connectivity index (χ4n) is 2.56. The van der Waals surface area contributed by atoms with E-state index in [4.69, 9.17) is 0 Å². The largest absolute Gasteiger partial charge is 0.393 e. The number of nitrogens with zero attached hydrogens (tertiary/aromatic N) is 1. The molecule has 0 saturated heterocycles. The molecule has 2 heteroatoms. The van der Waals surface area contributed by atoms with Gasteiger partial charge in [0.15, 0.2) is 0 Å². The van der Waals surface area contributed by atoms with E-state index >= 15 is 0 Å². The Kier molecular flexibility index (Phi) is 5.62. The Morgan fingerprint density at radius 3 is 2.60 bits per heavy atom. The summed E-state index contributed by atoms with van der Waals surface area (Å²) in [6, 6.07) is 0. The average molecular weight is 213 g/mol. The minimum Gasteiger partial charge on any atom is -0.393 e. The molecule has 1 rings (SSSR count). The SMILES string of the molecule is CC(O)CCN(C)CC1CCCCC1C. The summed E-state index contributed by atoms with van der Waals surface area (Å²) in [7, 11) is 2.18. The molecule has 0 aromatic heterocycles. The highest BCUT2D eigenvalue weighted by atomic mass is 16.3. The number of hydrogen-bond donors (Lipinski definition) is 1. The maximum absolute atomic E-state index is 9.23. The third-order valence-corrected chi connectivity index (χ3v) is 3.76. The van der Waals surface area contributed by atoms with Crippen LogP contribution < -0.4 is 0 Å². The molecular formula is C13H27NO. The lowest BCUT2D eigenvalue weighted by Gasteiger charge is -2.32. The molecule has 90 valence electrons. The van der Waals surface area contributed by atoms with E-state index in [9.17, 15) is 5.11 Å². The van der Waals surface area contributed by atoms with Gasteiger partial charge in [0.25, 0.3) is 0 Å². The molecule has 3 atom stereocenters. The normalized spacial score (nSPS) is 29.4. The molecule has 1 N–H and O–H groups in total. The van der Waals surface area contributed by atoms with Crippen LogP contribution >= 0.6 is 0 Å². The molecule has 0 spiro atoms. The Labute approximate surface area is 94.7 Å². The second-order valence-electron chi connectivity index (χ2n) is 5.42. The minimum absolute atomic E-state index is 0.156. The van der Waals surface area contributed by atoms with Crippen molar-refractivity contribution in [2.24, 2.45) is 11.8 Å². The highest BCUT2D eigenvalue weighted by Crippen LogP contribution is 2.29. The predicted molar refractivity (Wildman–Crippen MR) is 64.9 cm³/mol. The van der Waals surface area contributed by atoms with Crippen molar-refractivity contribution in [1.29, 1.82) is 0 Å². The minimum atomic E-state index is -0.156. The molecule has 0 amide bonds. The standard InChI is InChI=1S/C13H27NO/c1-11-6-4-5-7-13(11)10-14(3)9-8-12(2)15/h11-13,15H,4-10H2,1-3H3. The molecule has 1 aliphatic rings. The first-order chi connectivity index (χ1) is 7.09. The molecule has 0 aliphatic heterocycles. The molecule has 3 unspecified atom stereocenters. The van der Waals surface area contributed by atoms with Crippen LogP contribution in [-0.4, -0.2) is 36.2 Å². The van der Waals surface area contributed by atoms with Crippen LogP contribution in [0.2, 0.25) is 0 Å².